The summed E-state index contributed by atoms with van der Waals surface area (Å²) < 4.78 is 11.2. The first kappa shape index (κ1) is 22.0. The van der Waals surface area contributed by atoms with Gasteiger partial charge in [0.15, 0.2) is 6.10 Å². The molecule has 180 valence electrons. The van der Waals surface area contributed by atoms with E-state index in [1.165, 1.54) is 11.6 Å². The Labute approximate surface area is 207 Å². The summed E-state index contributed by atoms with van der Waals surface area (Å²) in [6.07, 6.45) is -0.749. The van der Waals surface area contributed by atoms with Crippen LogP contribution >= 0.6 is 0 Å². The second kappa shape index (κ2) is 7.75. The topological polar surface area (TPSA) is 78.4 Å². The zero-order chi connectivity index (χ0) is 25.3. The summed E-state index contributed by atoms with van der Waals surface area (Å²) in [5.41, 5.74) is 5.28. The van der Waals surface area contributed by atoms with Gasteiger partial charge in [0.05, 0.1) is 28.0 Å². The molecule has 0 spiro atoms. The molecule has 1 atom stereocenters. The van der Waals surface area contributed by atoms with Crippen molar-refractivity contribution in [3.63, 3.8) is 0 Å². The molecule has 1 N–H and O–H groups in total. The first-order valence-electron chi connectivity index (χ1n) is 11.7. The maximum Gasteiger partial charge on any atom is 0.331 e. The molecule has 0 bridgehead atoms. The number of nitrogens with zero attached hydrogens (tertiary/aromatic N) is 3. The van der Waals surface area contributed by atoms with Crippen LogP contribution in [0.5, 0.6) is 11.5 Å². The minimum Gasteiger partial charge on any atom is -0.508 e. The summed E-state index contributed by atoms with van der Waals surface area (Å²) in [5, 5.41) is 11.2. The molecule has 7 heteroatoms. The number of fused-ring (bicyclic) bond motifs is 5. The van der Waals surface area contributed by atoms with E-state index in [0.29, 0.717) is 33.6 Å². The highest BCUT2D eigenvalue weighted by Crippen LogP contribution is 2.48. The van der Waals surface area contributed by atoms with Gasteiger partial charge in [-0.15, -0.1) is 0 Å². The second-order valence-corrected chi connectivity index (χ2v) is 9.39. The van der Waals surface area contributed by atoms with E-state index in [-0.39, 0.29) is 11.3 Å². The Morgan fingerprint density at radius 3 is 2.28 bits per heavy atom. The number of para-hydroxylation sites is 1. The van der Waals surface area contributed by atoms with Crippen LogP contribution in [0.3, 0.4) is 0 Å². The van der Waals surface area contributed by atoms with Gasteiger partial charge < -0.3 is 14.4 Å². The minimum absolute atomic E-state index is 0.0738. The third-order valence-electron chi connectivity index (χ3n) is 7.00. The van der Waals surface area contributed by atoms with E-state index in [9.17, 15) is 14.7 Å². The largest absolute Gasteiger partial charge is 0.508 e. The molecule has 7 nitrogen and oxygen atoms in total. The van der Waals surface area contributed by atoms with Crippen molar-refractivity contribution in [3.05, 3.63) is 110 Å². The number of hydrogen-bond acceptors (Lipinski definition) is 4. The molecule has 1 aliphatic heterocycles. The fourth-order valence-corrected chi connectivity index (χ4v) is 5.18. The van der Waals surface area contributed by atoms with Crippen LogP contribution in [0.4, 0.5) is 0 Å². The number of phenolic OH excluding ortho intramolecular Hbond substituents is 1. The maximum absolute atomic E-state index is 13.7. The van der Waals surface area contributed by atoms with Gasteiger partial charge in [-0.1, -0.05) is 54.1 Å². The zero-order valence-corrected chi connectivity index (χ0v) is 20.4. The molecule has 0 radical (unpaired) electrons. The van der Waals surface area contributed by atoms with E-state index in [2.05, 4.69) is 0 Å². The molecule has 0 amide bonds. The zero-order valence-electron chi connectivity index (χ0n) is 20.4. The first-order chi connectivity index (χ1) is 17.3. The van der Waals surface area contributed by atoms with Crippen LogP contribution in [-0.4, -0.2) is 18.8 Å². The van der Waals surface area contributed by atoms with E-state index in [4.69, 9.17) is 4.74 Å². The normalized spacial score (nSPS) is 14.4. The lowest BCUT2D eigenvalue weighted by Gasteiger charge is -2.30. The number of aromatic hydroxyl groups is 1. The Balaban J connectivity index is 1.88. The summed E-state index contributed by atoms with van der Waals surface area (Å²) in [6, 6.07) is 20.9. The number of hydrogen-bond donors (Lipinski definition) is 1. The monoisotopic (exact) mass is 479 g/mol. The molecule has 1 aliphatic rings. The fourth-order valence-electron chi connectivity index (χ4n) is 5.18. The van der Waals surface area contributed by atoms with Crippen molar-refractivity contribution in [1.29, 1.82) is 0 Å². The third-order valence-corrected chi connectivity index (χ3v) is 7.00. The molecule has 36 heavy (non-hydrogen) atoms. The Kier molecular flexibility index (Phi) is 4.73. The third kappa shape index (κ3) is 2.99. The van der Waals surface area contributed by atoms with Gasteiger partial charge in [-0.3, -0.25) is 13.9 Å². The molecule has 0 saturated heterocycles. The summed E-state index contributed by atoms with van der Waals surface area (Å²) in [7, 11) is 3.16. The van der Waals surface area contributed by atoms with Crippen molar-refractivity contribution in [2.24, 2.45) is 14.1 Å². The van der Waals surface area contributed by atoms with Crippen LogP contribution in [0.25, 0.3) is 27.8 Å². The van der Waals surface area contributed by atoms with E-state index in [1.807, 2.05) is 66.9 Å². The van der Waals surface area contributed by atoms with Gasteiger partial charge in [-0.05, 0) is 43.2 Å². The predicted octanol–water partition coefficient (Wildman–Crippen LogP) is 4.50. The van der Waals surface area contributed by atoms with Gasteiger partial charge >= 0.3 is 5.69 Å². The molecule has 3 aromatic carbocycles. The van der Waals surface area contributed by atoms with Crippen molar-refractivity contribution in [2.45, 2.75) is 20.0 Å². The lowest BCUT2D eigenvalue weighted by molar-refractivity contribution is 0.224. The number of ether oxygens (including phenoxy) is 1. The lowest BCUT2D eigenvalue weighted by Crippen LogP contribution is -2.37. The number of aromatic nitrogens is 3. The van der Waals surface area contributed by atoms with Gasteiger partial charge in [0.2, 0.25) is 0 Å². The Hall–Kier alpha value is -4.52. The van der Waals surface area contributed by atoms with Gasteiger partial charge in [0, 0.05) is 19.7 Å². The van der Waals surface area contributed by atoms with E-state index < -0.39 is 11.8 Å². The van der Waals surface area contributed by atoms with E-state index >= 15 is 0 Å². The second-order valence-electron chi connectivity index (χ2n) is 9.39. The van der Waals surface area contributed by atoms with Gasteiger partial charge in [-0.25, -0.2) is 4.79 Å². The van der Waals surface area contributed by atoms with Crippen LogP contribution in [-0.2, 0) is 14.1 Å². The summed E-state index contributed by atoms with van der Waals surface area (Å²) in [4.78, 5) is 26.8. The number of rotatable bonds is 2. The molecule has 5 aromatic rings. The molecule has 6 rings (SSSR count). The Morgan fingerprint density at radius 1 is 0.861 bits per heavy atom. The van der Waals surface area contributed by atoms with Crippen LogP contribution in [0.2, 0.25) is 0 Å². The predicted molar refractivity (Wildman–Crippen MR) is 139 cm³/mol. The maximum atomic E-state index is 13.7. The van der Waals surface area contributed by atoms with Crippen molar-refractivity contribution < 1.29 is 9.84 Å². The molecule has 0 saturated carbocycles. The van der Waals surface area contributed by atoms with E-state index in [0.717, 1.165) is 26.9 Å². The number of benzene rings is 3. The summed E-state index contributed by atoms with van der Waals surface area (Å²) >= 11 is 0. The Bertz CT molecular complexity index is 1810. The quantitative estimate of drug-likeness (QED) is 0.404. The van der Waals surface area contributed by atoms with E-state index in [1.54, 1.807) is 25.2 Å². The van der Waals surface area contributed by atoms with Gasteiger partial charge in [0.1, 0.15) is 11.5 Å². The van der Waals surface area contributed by atoms with Crippen molar-refractivity contribution in [2.75, 3.05) is 0 Å². The minimum atomic E-state index is -0.749. The van der Waals surface area contributed by atoms with Crippen LogP contribution in [0.15, 0.2) is 76.3 Å². The average Bonchev–Trinajstić information content (AvgIpc) is 3.23. The lowest BCUT2D eigenvalue weighted by atomic mass is 10.0. The summed E-state index contributed by atoms with van der Waals surface area (Å²) in [5.74, 6) is 0.696. The molecule has 0 unspecified atom stereocenters. The van der Waals surface area contributed by atoms with Crippen LogP contribution in [0, 0.1) is 13.8 Å². The van der Waals surface area contributed by atoms with Crippen LogP contribution < -0.4 is 16.0 Å². The Morgan fingerprint density at radius 2 is 1.56 bits per heavy atom. The first-order valence-corrected chi connectivity index (χ1v) is 11.7. The molecular weight excluding hydrogens is 454 g/mol. The van der Waals surface area contributed by atoms with Gasteiger partial charge in [-0.2, -0.15) is 0 Å². The average molecular weight is 480 g/mol. The van der Waals surface area contributed by atoms with Crippen molar-refractivity contribution in [1.82, 2.24) is 13.7 Å². The molecule has 0 fully saturated rings. The SMILES string of the molecule is Cc1ccc(-c2c3c(=O)n(C)c(=O)n(C)c3c3n2-c2cc(C)ccc2O[C@@H]3c2ccccc2O)cc1. The van der Waals surface area contributed by atoms with Crippen molar-refractivity contribution in [3.8, 4) is 28.4 Å². The number of phenols is 1. The smallest absolute Gasteiger partial charge is 0.331 e. The molecular formula is C29H25N3O4. The molecule has 0 aliphatic carbocycles. The highest BCUT2D eigenvalue weighted by atomic mass is 16.5. The van der Waals surface area contributed by atoms with Gasteiger partial charge in [0.25, 0.3) is 5.56 Å². The fraction of sp³-hybridized carbons (Fsp3) is 0.172. The standard InChI is InChI=1S/C29H25N3O4/c1-16-9-12-18(13-10-16)24-23-25(30(3)29(35)31(4)28(23)34)26-27(19-7-5-6-8-21(19)33)36-22-14-11-17(2)15-20(22)32(24)26/h5-15,27,33H,1-4H3/t27-/m1/s1. The van der Waals surface area contributed by atoms with Crippen LogP contribution in [0.1, 0.15) is 28.5 Å². The highest BCUT2D eigenvalue weighted by Gasteiger charge is 2.37. The highest BCUT2D eigenvalue weighted by molar-refractivity contribution is 5.98. The number of aryl methyl sites for hydroxylation is 3. The summed E-state index contributed by atoms with van der Waals surface area (Å²) in [6.45, 7) is 4.01. The molecule has 2 aromatic heterocycles. The van der Waals surface area contributed by atoms with Crippen molar-refractivity contribution >= 4 is 10.9 Å². The molecule has 3 heterocycles.